The van der Waals surface area contributed by atoms with E-state index in [0.29, 0.717) is 5.82 Å². The fourth-order valence-electron chi connectivity index (χ4n) is 1.77. The van der Waals surface area contributed by atoms with Crippen LogP contribution >= 0.6 is 0 Å². The minimum absolute atomic E-state index is 0.351. The third kappa shape index (κ3) is 3.47. The highest BCUT2D eigenvalue weighted by molar-refractivity contribution is 5.80. The molecule has 0 unspecified atom stereocenters. The summed E-state index contributed by atoms with van der Waals surface area (Å²) in [6, 6.07) is 9.37. The lowest BCUT2D eigenvalue weighted by atomic mass is 10.1. The second kappa shape index (κ2) is 6.21. The molecule has 0 fully saturated rings. The van der Waals surface area contributed by atoms with Gasteiger partial charge < -0.3 is 0 Å². The maximum Gasteiger partial charge on any atom is 0.329 e. The van der Waals surface area contributed by atoms with Crippen molar-refractivity contribution in [3.63, 3.8) is 0 Å². The van der Waals surface area contributed by atoms with Gasteiger partial charge in [0.2, 0.25) is 0 Å². The summed E-state index contributed by atoms with van der Waals surface area (Å²) in [7, 11) is 3.09. The largest absolute Gasteiger partial charge is 0.329 e. The second-order valence-electron chi connectivity index (χ2n) is 4.72. The maximum absolute atomic E-state index is 11.6. The highest BCUT2D eigenvalue weighted by Crippen LogP contribution is 2.05. The summed E-state index contributed by atoms with van der Waals surface area (Å²) in [5.41, 5.74) is 1.37. The molecule has 0 amide bonds. The quantitative estimate of drug-likeness (QED) is 0.676. The molecule has 6 nitrogen and oxygen atoms in total. The van der Waals surface area contributed by atoms with Crippen LogP contribution in [0, 0.1) is 0 Å². The molecule has 2 rings (SSSR count). The standard InChI is InChI=1S/C15H18N4O2/c1-4-11-5-7-12(8-6-11)10-16-19(3)13-9-14(20)18(2)15(21)17-13/h5-10H,4H2,1-3H3,(H,17,21). The van der Waals surface area contributed by atoms with Crippen molar-refractivity contribution in [1.82, 2.24) is 9.55 Å². The number of benzene rings is 1. The summed E-state index contributed by atoms with van der Waals surface area (Å²) in [5.74, 6) is 0.351. The minimum atomic E-state index is -0.466. The molecule has 0 saturated carbocycles. The Balaban J connectivity index is 2.20. The van der Waals surface area contributed by atoms with Gasteiger partial charge >= 0.3 is 5.69 Å². The minimum Gasteiger partial charge on any atom is -0.292 e. The van der Waals surface area contributed by atoms with Gasteiger partial charge in [-0.25, -0.2) is 4.79 Å². The van der Waals surface area contributed by atoms with E-state index in [9.17, 15) is 9.59 Å². The van der Waals surface area contributed by atoms with Crippen LogP contribution in [0.25, 0.3) is 0 Å². The van der Waals surface area contributed by atoms with Gasteiger partial charge in [0.1, 0.15) is 5.82 Å². The third-order valence-corrected chi connectivity index (χ3v) is 3.25. The van der Waals surface area contributed by atoms with Crippen molar-refractivity contribution in [2.24, 2.45) is 12.1 Å². The van der Waals surface area contributed by atoms with Crippen molar-refractivity contribution in [3.05, 3.63) is 62.3 Å². The van der Waals surface area contributed by atoms with Crippen molar-refractivity contribution in [2.45, 2.75) is 13.3 Å². The number of anilines is 1. The van der Waals surface area contributed by atoms with Gasteiger partial charge in [0.15, 0.2) is 0 Å². The number of nitrogens with one attached hydrogen (secondary N) is 1. The van der Waals surface area contributed by atoms with E-state index >= 15 is 0 Å². The molecule has 0 aliphatic rings. The number of aryl methyl sites for hydroxylation is 1. The lowest BCUT2D eigenvalue weighted by molar-refractivity contribution is 0.766. The Morgan fingerprint density at radius 3 is 2.52 bits per heavy atom. The molecule has 0 bridgehead atoms. The molecule has 110 valence electrons. The third-order valence-electron chi connectivity index (χ3n) is 3.25. The highest BCUT2D eigenvalue weighted by Gasteiger charge is 2.03. The summed E-state index contributed by atoms with van der Waals surface area (Å²) in [4.78, 5) is 25.7. The molecule has 0 radical (unpaired) electrons. The molecule has 6 heteroatoms. The van der Waals surface area contributed by atoms with Crippen molar-refractivity contribution in [2.75, 3.05) is 12.1 Å². The zero-order chi connectivity index (χ0) is 15.4. The first-order valence-electron chi connectivity index (χ1n) is 6.68. The predicted molar refractivity (Wildman–Crippen MR) is 84.1 cm³/mol. The molecule has 2 aromatic rings. The summed E-state index contributed by atoms with van der Waals surface area (Å²) < 4.78 is 1.00. The highest BCUT2D eigenvalue weighted by atomic mass is 16.2. The van der Waals surface area contributed by atoms with E-state index in [-0.39, 0.29) is 5.56 Å². The first-order valence-corrected chi connectivity index (χ1v) is 6.68. The van der Waals surface area contributed by atoms with Crippen molar-refractivity contribution in [1.29, 1.82) is 0 Å². The van der Waals surface area contributed by atoms with Crippen molar-refractivity contribution >= 4 is 12.0 Å². The van der Waals surface area contributed by atoms with Crippen LogP contribution in [0.3, 0.4) is 0 Å². The van der Waals surface area contributed by atoms with Crippen LogP contribution in [0.15, 0.2) is 45.0 Å². The van der Waals surface area contributed by atoms with Gasteiger partial charge in [-0.3, -0.25) is 19.4 Å². The van der Waals surface area contributed by atoms with Gasteiger partial charge in [0, 0.05) is 20.2 Å². The van der Waals surface area contributed by atoms with Crippen LogP contribution in [-0.4, -0.2) is 22.8 Å². The van der Waals surface area contributed by atoms with E-state index in [2.05, 4.69) is 17.0 Å². The Hall–Kier alpha value is -2.63. The summed E-state index contributed by atoms with van der Waals surface area (Å²) in [5, 5.41) is 5.68. The molecule has 0 aliphatic heterocycles. The second-order valence-corrected chi connectivity index (χ2v) is 4.72. The molecule has 1 N–H and O–H groups in total. The molecule has 0 aliphatic carbocycles. The Kier molecular flexibility index (Phi) is 4.37. The number of H-pyrrole nitrogens is 1. The summed E-state index contributed by atoms with van der Waals surface area (Å²) in [6.07, 6.45) is 2.67. The van der Waals surface area contributed by atoms with Gasteiger partial charge in [-0.15, -0.1) is 0 Å². The van der Waals surface area contributed by atoms with E-state index < -0.39 is 5.69 Å². The molecule has 1 aromatic heterocycles. The first-order chi connectivity index (χ1) is 10.0. The summed E-state index contributed by atoms with van der Waals surface area (Å²) >= 11 is 0. The number of rotatable bonds is 4. The van der Waals surface area contributed by atoms with Crippen LogP contribution in [-0.2, 0) is 13.5 Å². The molecule has 1 aromatic carbocycles. The summed E-state index contributed by atoms with van der Waals surface area (Å²) in [6.45, 7) is 2.10. The van der Waals surface area contributed by atoms with E-state index in [1.165, 1.54) is 23.7 Å². The van der Waals surface area contributed by atoms with Gasteiger partial charge in [-0.1, -0.05) is 31.2 Å². The normalized spacial score (nSPS) is 11.0. The first kappa shape index (κ1) is 14.8. The SMILES string of the molecule is CCc1ccc(C=NN(C)c2cc(=O)n(C)c(=O)[nH]2)cc1. The smallest absolute Gasteiger partial charge is 0.292 e. The van der Waals surface area contributed by atoms with Gasteiger partial charge in [0.25, 0.3) is 5.56 Å². The fourth-order valence-corrected chi connectivity index (χ4v) is 1.77. The molecule has 1 heterocycles. The molecule has 0 saturated heterocycles. The van der Waals surface area contributed by atoms with Gasteiger partial charge in [0.05, 0.1) is 6.21 Å². The number of nitrogens with zero attached hydrogens (tertiary/aromatic N) is 3. The fraction of sp³-hybridized carbons (Fsp3) is 0.267. The zero-order valence-corrected chi connectivity index (χ0v) is 12.3. The molecule has 0 spiro atoms. The van der Waals surface area contributed by atoms with Crippen molar-refractivity contribution < 1.29 is 0 Å². The van der Waals surface area contributed by atoms with Crippen LogP contribution < -0.4 is 16.3 Å². The monoisotopic (exact) mass is 286 g/mol. The Bertz CT molecular complexity index is 725. The molecular formula is C15H18N4O2. The van der Waals surface area contributed by atoms with Crippen molar-refractivity contribution in [3.8, 4) is 0 Å². The van der Waals surface area contributed by atoms with Crippen LogP contribution in [0.2, 0.25) is 0 Å². The van der Waals surface area contributed by atoms with E-state index in [1.807, 2.05) is 24.3 Å². The average molecular weight is 286 g/mol. The molecular weight excluding hydrogens is 268 g/mol. The zero-order valence-electron chi connectivity index (χ0n) is 12.3. The molecule has 0 atom stereocenters. The topological polar surface area (TPSA) is 70.5 Å². The lowest BCUT2D eigenvalue weighted by Gasteiger charge is -2.12. The van der Waals surface area contributed by atoms with Crippen LogP contribution in [0.5, 0.6) is 0 Å². The van der Waals surface area contributed by atoms with E-state index in [0.717, 1.165) is 16.6 Å². The van der Waals surface area contributed by atoms with E-state index in [1.54, 1.807) is 13.3 Å². The van der Waals surface area contributed by atoms with Gasteiger partial charge in [-0.2, -0.15) is 5.10 Å². The van der Waals surface area contributed by atoms with E-state index in [4.69, 9.17) is 0 Å². The number of aromatic nitrogens is 2. The van der Waals surface area contributed by atoms with Gasteiger partial charge in [-0.05, 0) is 17.5 Å². The average Bonchev–Trinajstić information content (AvgIpc) is 2.50. The number of aromatic amines is 1. The number of hydrogen-bond donors (Lipinski definition) is 1. The van der Waals surface area contributed by atoms with Crippen LogP contribution in [0.4, 0.5) is 5.82 Å². The Morgan fingerprint density at radius 1 is 1.29 bits per heavy atom. The Morgan fingerprint density at radius 2 is 1.95 bits per heavy atom. The van der Waals surface area contributed by atoms with Crippen LogP contribution in [0.1, 0.15) is 18.1 Å². The number of hydrogen-bond acceptors (Lipinski definition) is 4. The number of hydrazone groups is 1. The Labute approximate surface area is 122 Å². The predicted octanol–water partition coefficient (Wildman–Crippen LogP) is 1.11. The maximum atomic E-state index is 11.6. The molecule has 21 heavy (non-hydrogen) atoms. The lowest BCUT2D eigenvalue weighted by Crippen LogP contribution is -2.33.